The van der Waals surface area contributed by atoms with Crippen LogP contribution in [0.5, 0.6) is 17.2 Å². The Morgan fingerprint density at radius 2 is 1.51 bits per heavy atom. The van der Waals surface area contributed by atoms with Gasteiger partial charge in [-0.05, 0) is 84.3 Å². The number of aryl methyl sites for hydroxylation is 3. The van der Waals surface area contributed by atoms with E-state index in [0.29, 0.717) is 23.3 Å². The molecule has 0 amide bonds. The van der Waals surface area contributed by atoms with Crippen molar-refractivity contribution in [2.45, 2.75) is 60.3 Å². The van der Waals surface area contributed by atoms with Gasteiger partial charge in [-0.3, -0.25) is 4.68 Å². The van der Waals surface area contributed by atoms with E-state index in [1.165, 1.54) is 22.3 Å². The van der Waals surface area contributed by atoms with Gasteiger partial charge in [0.05, 0.1) is 13.3 Å². The number of hydrogen-bond acceptors (Lipinski definition) is 4. The van der Waals surface area contributed by atoms with E-state index >= 15 is 0 Å². The van der Waals surface area contributed by atoms with Gasteiger partial charge in [0.1, 0.15) is 11.6 Å². The maximum atomic E-state index is 6.42. The van der Waals surface area contributed by atoms with Gasteiger partial charge in [0.15, 0.2) is 0 Å². The van der Waals surface area contributed by atoms with Gasteiger partial charge in [-0.1, -0.05) is 69.1 Å². The predicted octanol–water partition coefficient (Wildman–Crippen LogP) is 10.9. The number of aromatic nitrogens is 4. The van der Waals surface area contributed by atoms with Crippen molar-refractivity contribution in [2.75, 3.05) is 7.11 Å². The first-order valence-corrected chi connectivity index (χ1v) is 17.6. The summed E-state index contributed by atoms with van der Waals surface area (Å²) < 4.78 is 15.9. The fourth-order valence-electron chi connectivity index (χ4n) is 6.75. The number of methoxy groups -OCH3 is 1. The normalized spacial score (nSPS) is 11.5. The van der Waals surface area contributed by atoms with Crippen LogP contribution in [0.1, 0.15) is 57.2 Å². The van der Waals surface area contributed by atoms with Gasteiger partial charge in [0.2, 0.25) is 0 Å². The topological polar surface area (TPSA) is 54.1 Å². The molecule has 4 aromatic carbocycles. The van der Waals surface area contributed by atoms with Crippen LogP contribution in [-0.2, 0) is 33.9 Å². The number of benzene rings is 4. The third kappa shape index (κ3) is 7.82. The Balaban J connectivity index is 0.00000448. The molecule has 0 radical (unpaired) electrons. The SMILES string of the molecule is COc1ccnc(-n2c3[c-]c(Oc4[c-]c(-n5cc(-c6c(CCC(C)C)cc(C)cc6CCC(C)C)cn5)ccc4)ccc3c3ccccc32)c1.[Pt+2]. The zero-order chi connectivity index (χ0) is 34.8. The Morgan fingerprint density at radius 1 is 0.784 bits per heavy atom. The molecule has 0 unspecified atom stereocenters. The first-order valence-electron chi connectivity index (χ1n) is 17.6. The molecule has 7 aromatic rings. The van der Waals surface area contributed by atoms with E-state index in [1.807, 2.05) is 53.3 Å². The monoisotopic (exact) mass is 855 g/mol. The van der Waals surface area contributed by atoms with Crippen molar-refractivity contribution in [1.29, 1.82) is 0 Å². The van der Waals surface area contributed by atoms with E-state index in [9.17, 15) is 0 Å². The Morgan fingerprint density at radius 3 is 2.24 bits per heavy atom. The maximum Gasteiger partial charge on any atom is 2.00 e. The van der Waals surface area contributed by atoms with E-state index in [4.69, 9.17) is 14.6 Å². The fraction of sp³-hybridized carbons (Fsp3) is 0.273. The molecule has 7 rings (SSSR count). The second-order valence-electron chi connectivity index (χ2n) is 14.0. The van der Waals surface area contributed by atoms with E-state index in [2.05, 4.69) is 98.9 Å². The maximum absolute atomic E-state index is 6.42. The molecule has 0 saturated heterocycles. The summed E-state index contributed by atoms with van der Waals surface area (Å²) >= 11 is 0. The van der Waals surface area contributed by atoms with Crippen LogP contribution in [0.15, 0.2) is 97.5 Å². The molecule has 6 nitrogen and oxygen atoms in total. The van der Waals surface area contributed by atoms with E-state index in [-0.39, 0.29) is 21.1 Å². The molecule has 0 aliphatic heterocycles. The third-order valence-electron chi connectivity index (χ3n) is 9.26. The minimum atomic E-state index is 0. The number of ether oxygens (including phenoxy) is 2. The largest absolute Gasteiger partial charge is 2.00 e. The van der Waals surface area contributed by atoms with Crippen molar-refractivity contribution in [3.63, 3.8) is 0 Å². The summed E-state index contributed by atoms with van der Waals surface area (Å²) in [7, 11) is 1.66. The molecule has 262 valence electrons. The second-order valence-corrected chi connectivity index (χ2v) is 14.0. The molecule has 0 aliphatic carbocycles. The molecule has 0 aliphatic rings. The average Bonchev–Trinajstić information content (AvgIpc) is 3.73. The van der Waals surface area contributed by atoms with E-state index in [1.54, 1.807) is 13.3 Å². The summed E-state index contributed by atoms with van der Waals surface area (Å²) in [5.74, 6) is 3.94. The molecule has 0 bridgehead atoms. The van der Waals surface area contributed by atoms with Crippen LogP contribution in [0.2, 0.25) is 0 Å². The van der Waals surface area contributed by atoms with Crippen LogP contribution in [0.25, 0.3) is 44.4 Å². The van der Waals surface area contributed by atoms with Crippen molar-refractivity contribution in [1.82, 2.24) is 19.3 Å². The van der Waals surface area contributed by atoms with Crippen LogP contribution in [-0.4, -0.2) is 26.4 Å². The minimum absolute atomic E-state index is 0. The van der Waals surface area contributed by atoms with Gasteiger partial charge < -0.3 is 14.0 Å². The molecule has 0 saturated carbocycles. The van der Waals surface area contributed by atoms with E-state index < -0.39 is 0 Å². The fourth-order valence-corrected chi connectivity index (χ4v) is 6.75. The number of hydrogen-bond donors (Lipinski definition) is 0. The first kappa shape index (κ1) is 36.1. The Bertz CT molecular complexity index is 2250. The van der Waals surface area contributed by atoms with E-state index in [0.717, 1.165) is 70.3 Å². The molecule has 3 heterocycles. The molecule has 51 heavy (non-hydrogen) atoms. The van der Waals surface area contributed by atoms with Gasteiger partial charge in [-0.25, -0.2) is 4.98 Å². The third-order valence-corrected chi connectivity index (χ3v) is 9.26. The molecule has 0 spiro atoms. The summed E-state index contributed by atoms with van der Waals surface area (Å²) in [6.45, 7) is 11.4. The smallest absolute Gasteiger partial charge is 0.509 e. The molecule has 0 fully saturated rings. The Hall–Kier alpha value is -4.67. The molecular formula is C44H44N4O2Pt. The van der Waals surface area contributed by atoms with Crippen molar-refractivity contribution in [2.24, 2.45) is 11.8 Å². The van der Waals surface area contributed by atoms with Crippen LogP contribution >= 0.6 is 0 Å². The average molecular weight is 856 g/mol. The van der Waals surface area contributed by atoms with Gasteiger partial charge in [-0.2, -0.15) is 17.2 Å². The van der Waals surface area contributed by atoms with Gasteiger partial charge >= 0.3 is 21.1 Å². The van der Waals surface area contributed by atoms with Crippen LogP contribution in [0, 0.1) is 30.9 Å². The van der Waals surface area contributed by atoms with Crippen molar-refractivity contribution in [3.05, 3.63) is 126 Å². The first-order chi connectivity index (χ1) is 24.3. The molecule has 7 heteroatoms. The van der Waals surface area contributed by atoms with Crippen molar-refractivity contribution >= 4 is 21.8 Å². The second kappa shape index (κ2) is 15.7. The Labute approximate surface area is 315 Å². The molecule has 3 aromatic heterocycles. The number of fused-ring (bicyclic) bond motifs is 3. The van der Waals surface area contributed by atoms with Crippen LogP contribution in [0.4, 0.5) is 0 Å². The zero-order valence-corrected chi connectivity index (χ0v) is 32.4. The summed E-state index contributed by atoms with van der Waals surface area (Å²) in [6, 6.07) is 33.7. The molecular weight excluding hydrogens is 812 g/mol. The summed E-state index contributed by atoms with van der Waals surface area (Å²) in [6.07, 6.45) is 10.3. The number of rotatable bonds is 12. The van der Waals surface area contributed by atoms with Gasteiger partial charge in [0, 0.05) is 41.0 Å². The summed E-state index contributed by atoms with van der Waals surface area (Å²) in [5.41, 5.74) is 9.33. The van der Waals surface area contributed by atoms with Gasteiger partial charge in [0.25, 0.3) is 0 Å². The Kier molecular flexibility index (Phi) is 11.1. The number of para-hydroxylation sites is 1. The van der Waals surface area contributed by atoms with Crippen LogP contribution in [0.3, 0.4) is 0 Å². The summed E-state index contributed by atoms with van der Waals surface area (Å²) in [4.78, 5) is 4.67. The number of nitrogens with zero attached hydrogens (tertiary/aromatic N) is 4. The summed E-state index contributed by atoms with van der Waals surface area (Å²) in [5, 5.41) is 7.01. The molecule has 0 atom stereocenters. The minimum Gasteiger partial charge on any atom is -0.509 e. The predicted molar refractivity (Wildman–Crippen MR) is 203 cm³/mol. The number of pyridine rings is 1. The van der Waals surface area contributed by atoms with Crippen LogP contribution < -0.4 is 9.47 Å². The zero-order valence-electron chi connectivity index (χ0n) is 30.1. The molecule has 0 N–H and O–H groups in total. The van der Waals surface area contributed by atoms with Crippen molar-refractivity contribution < 1.29 is 30.5 Å². The standard InChI is InChI=1S/C44H44N4O2.Pt/c1-29(2)14-16-32-22-31(5)23-33(17-15-30(3)4)44(32)34-27-46-47(28-34)35-10-9-11-37(24-35)50-38-18-19-40-39-12-7-8-13-41(39)48(42(40)25-38)43-26-36(49-6)20-21-45-43;/h7-13,18-23,26-30H,14-17H2,1-6H3;/q-2;+2. The van der Waals surface area contributed by atoms with Crippen molar-refractivity contribution in [3.8, 4) is 39.9 Å². The quantitative estimate of drug-likeness (QED) is 0.115. The van der Waals surface area contributed by atoms with Gasteiger partial charge in [-0.15, -0.1) is 35.7 Å².